The molecule has 0 atom stereocenters. The number of nitrogen functional groups attached to an aromatic ring is 1. The summed E-state index contributed by atoms with van der Waals surface area (Å²) in [5, 5.41) is 4.33. The van der Waals surface area contributed by atoms with Crippen LogP contribution in [0.2, 0.25) is 0 Å². The van der Waals surface area contributed by atoms with Crippen molar-refractivity contribution in [3.8, 4) is 11.3 Å². The Balaban J connectivity index is 2.58. The predicted octanol–water partition coefficient (Wildman–Crippen LogP) is 2.13. The maximum Gasteiger partial charge on any atom is 0.156 e. The van der Waals surface area contributed by atoms with Gasteiger partial charge in [-0.2, -0.15) is 5.10 Å². The molecule has 0 fully saturated rings. The molecule has 0 spiro atoms. The number of aldehydes is 1. The monoisotopic (exact) mass is 227 g/mol. The standard InChI is InChI=1S/C13H13N3O/c1-2-8-16-13(14)11(9-17)12(15-16)10-6-4-3-5-7-10/h2-7,9H,1,8,14H2. The van der Waals surface area contributed by atoms with Crippen molar-refractivity contribution < 1.29 is 4.79 Å². The van der Waals surface area contributed by atoms with Gasteiger partial charge in [0.05, 0.1) is 12.1 Å². The number of allylic oxidation sites excluding steroid dienone is 1. The van der Waals surface area contributed by atoms with Gasteiger partial charge in [0.2, 0.25) is 0 Å². The summed E-state index contributed by atoms with van der Waals surface area (Å²) in [6.45, 7) is 4.12. The molecule has 0 saturated carbocycles. The van der Waals surface area contributed by atoms with Gasteiger partial charge < -0.3 is 5.73 Å². The largest absolute Gasteiger partial charge is 0.383 e. The maximum atomic E-state index is 11.1. The average Bonchev–Trinajstić information content (AvgIpc) is 2.68. The van der Waals surface area contributed by atoms with E-state index in [0.29, 0.717) is 23.6 Å². The second-order valence-electron chi connectivity index (χ2n) is 3.60. The molecule has 86 valence electrons. The van der Waals surface area contributed by atoms with E-state index in [1.165, 1.54) is 0 Å². The molecular formula is C13H13N3O. The van der Waals surface area contributed by atoms with Crippen molar-refractivity contribution in [2.45, 2.75) is 6.54 Å². The van der Waals surface area contributed by atoms with Crippen molar-refractivity contribution >= 4 is 12.1 Å². The van der Waals surface area contributed by atoms with E-state index < -0.39 is 0 Å². The number of benzene rings is 1. The van der Waals surface area contributed by atoms with Gasteiger partial charge in [0.25, 0.3) is 0 Å². The van der Waals surface area contributed by atoms with Gasteiger partial charge in [0.1, 0.15) is 11.5 Å². The van der Waals surface area contributed by atoms with Gasteiger partial charge in [-0.1, -0.05) is 36.4 Å². The van der Waals surface area contributed by atoms with Crippen molar-refractivity contribution in [1.29, 1.82) is 0 Å². The zero-order valence-electron chi connectivity index (χ0n) is 9.34. The Morgan fingerprint density at radius 3 is 2.65 bits per heavy atom. The van der Waals surface area contributed by atoms with E-state index in [1.54, 1.807) is 10.8 Å². The van der Waals surface area contributed by atoms with Crippen LogP contribution in [0.3, 0.4) is 0 Å². The van der Waals surface area contributed by atoms with Crippen LogP contribution >= 0.6 is 0 Å². The van der Waals surface area contributed by atoms with Crippen molar-refractivity contribution in [3.05, 3.63) is 48.6 Å². The van der Waals surface area contributed by atoms with E-state index in [0.717, 1.165) is 11.8 Å². The Morgan fingerprint density at radius 1 is 1.35 bits per heavy atom. The number of carbonyl (C=O) groups excluding carboxylic acids is 1. The zero-order chi connectivity index (χ0) is 12.3. The molecule has 1 aromatic heterocycles. The summed E-state index contributed by atoms with van der Waals surface area (Å²) in [6.07, 6.45) is 2.43. The van der Waals surface area contributed by atoms with E-state index in [2.05, 4.69) is 11.7 Å². The highest BCUT2D eigenvalue weighted by molar-refractivity contribution is 5.91. The summed E-state index contributed by atoms with van der Waals surface area (Å²) >= 11 is 0. The van der Waals surface area contributed by atoms with Gasteiger partial charge in [0, 0.05) is 5.56 Å². The van der Waals surface area contributed by atoms with Crippen LogP contribution in [0, 0.1) is 0 Å². The number of aromatic nitrogens is 2. The highest BCUT2D eigenvalue weighted by Crippen LogP contribution is 2.25. The number of nitrogens with two attached hydrogens (primary N) is 1. The molecule has 4 heteroatoms. The van der Waals surface area contributed by atoms with Crippen molar-refractivity contribution in [3.63, 3.8) is 0 Å². The normalized spacial score (nSPS) is 10.1. The maximum absolute atomic E-state index is 11.1. The van der Waals surface area contributed by atoms with Gasteiger partial charge in [-0.25, -0.2) is 4.68 Å². The third-order valence-corrected chi connectivity index (χ3v) is 2.50. The fraction of sp³-hybridized carbons (Fsp3) is 0.0769. The Labute approximate surface area is 99.4 Å². The van der Waals surface area contributed by atoms with E-state index in [1.807, 2.05) is 30.3 Å². The van der Waals surface area contributed by atoms with Crippen LogP contribution in [0.1, 0.15) is 10.4 Å². The minimum Gasteiger partial charge on any atom is -0.383 e. The van der Waals surface area contributed by atoms with Crippen LogP contribution in [0.15, 0.2) is 43.0 Å². The zero-order valence-corrected chi connectivity index (χ0v) is 9.34. The highest BCUT2D eigenvalue weighted by Gasteiger charge is 2.15. The van der Waals surface area contributed by atoms with Crippen LogP contribution in [-0.2, 0) is 6.54 Å². The minimum atomic E-state index is 0.374. The Kier molecular flexibility index (Phi) is 3.05. The number of rotatable bonds is 4. The lowest BCUT2D eigenvalue weighted by atomic mass is 10.1. The molecule has 4 nitrogen and oxygen atoms in total. The first kappa shape index (κ1) is 11.1. The molecule has 17 heavy (non-hydrogen) atoms. The second-order valence-corrected chi connectivity index (χ2v) is 3.60. The van der Waals surface area contributed by atoms with Crippen LogP contribution in [0.5, 0.6) is 0 Å². The minimum absolute atomic E-state index is 0.374. The first-order valence-corrected chi connectivity index (χ1v) is 5.25. The number of hydrogen-bond acceptors (Lipinski definition) is 3. The highest BCUT2D eigenvalue weighted by atomic mass is 16.1. The third-order valence-electron chi connectivity index (χ3n) is 2.50. The average molecular weight is 227 g/mol. The summed E-state index contributed by atoms with van der Waals surface area (Å²) in [5.41, 5.74) is 7.78. The molecule has 0 amide bonds. The SMILES string of the molecule is C=CCn1nc(-c2ccccc2)c(C=O)c1N. The Bertz CT molecular complexity index is 543. The van der Waals surface area contributed by atoms with Gasteiger partial charge in [-0.15, -0.1) is 6.58 Å². The molecule has 1 heterocycles. The molecule has 0 aliphatic carbocycles. The number of hydrogen-bond donors (Lipinski definition) is 1. The lowest BCUT2D eigenvalue weighted by Gasteiger charge is -1.97. The van der Waals surface area contributed by atoms with Gasteiger partial charge in [0.15, 0.2) is 6.29 Å². The van der Waals surface area contributed by atoms with Crippen molar-refractivity contribution in [2.24, 2.45) is 0 Å². The molecule has 0 unspecified atom stereocenters. The molecule has 0 saturated heterocycles. The summed E-state index contributed by atoms with van der Waals surface area (Å²) in [5.74, 6) is 0.374. The number of anilines is 1. The molecule has 2 aromatic rings. The number of nitrogens with zero attached hydrogens (tertiary/aromatic N) is 2. The van der Waals surface area contributed by atoms with Crippen molar-refractivity contribution in [2.75, 3.05) is 5.73 Å². The van der Waals surface area contributed by atoms with Crippen LogP contribution < -0.4 is 5.73 Å². The molecule has 2 N–H and O–H groups in total. The molecule has 0 radical (unpaired) electrons. The van der Waals surface area contributed by atoms with Crippen LogP contribution in [0.4, 0.5) is 5.82 Å². The molecule has 2 rings (SSSR count). The smallest absolute Gasteiger partial charge is 0.156 e. The fourth-order valence-corrected chi connectivity index (χ4v) is 1.68. The molecule has 0 aliphatic rings. The molecular weight excluding hydrogens is 214 g/mol. The molecule has 0 bridgehead atoms. The quantitative estimate of drug-likeness (QED) is 0.643. The first-order valence-electron chi connectivity index (χ1n) is 5.25. The van der Waals surface area contributed by atoms with Gasteiger partial charge >= 0.3 is 0 Å². The van der Waals surface area contributed by atoms with Gasteiger partial charge in [-0.3, -0.25) is 4.79 Å². The summed E-state index contributed by atoms with van der Waals surface area (Å²) in [4.78, 5) is 11.1. The summed E-state index contributed by atoms with van der Waals surface area (Å²) < 4.78 is 1.57. The Hall–Kier alpha value is -2.36. The lowest BCUT2D eigenvalue weighted by molar-refractivity contribution is 0.112. The summed E-state index contributed by atoms with van der Waals surface area (Å²) in [7, 11) is 0. The van der Waals surface area contributed by atoms with E-state index in [-0.39, 0.29) is 0 Å². The lowest BCUT2D eigenvalue weighted by Crippen LogP contribution is -2.03. The van der Waals surface area contributed by atoms with Gasteiger partial charge in [-0.05, 0) is 0 Å². The molecule has 1 aromatic carbocycles. The van der Waals surface area contributed by atoms with Crippen LogP contribution in [0.25, 0.3) is 11.3 Å². The van der Waals surface area contributed by atoms with E-state index in [4.69, 9.17) is 5.73 Å². The second kappa shape index (κ2) is 4.65. The van der Waals surface area contributed by atoms with Crippen LogP contribution in [-0.4, -0.2) is 16.1 Å². The Morgan fingerprint density at radius 2 is 2.06 bits per heavy atom. The van der Waals surface area contributed by atoms with E-state index >= 15 is 0 Å². The van der Waals surface area contributed by atoms with E-state index in [9.17, 15) is 4.79 Å². The topological polar surface area (TPSA) is 60.9 Å². The first-order chi connectivity index (χ1) is 8.27. The van der Waals surface area contributed by atoms with Crippen molar-refractivity contribution in [1.82, 2.24) is 9.78 Å². The fourth-order valence-electron chi connectivity index (χ4n) is 1.68. The predicted molar refractivity (Wildman–Crippen MR) is 67.7 cm³/mol. The third kappa shape index (κ3) is 1.97. The summed E-state index contributed by atoms with van der Waals surface area (Å²) in [6, 6.07) is 9.49. The number of carbonyl (C=O) groups is 1. The molecule has 0 aliphatic heterocycles.